The van der Waals surface area contributed by atoms with Crippen LogP contribution >= 0.6 is 0 Å². The lowest BCUT2D eigenvalue weighted by Gasteiger charge is -2.15. The second-order valence-electron chi connectivity index (χ2n) is 7.37. The Morgan fingerprint density at radius 1 is 1.00 bits per heavy atom. The Balaban J connectivity index is 1.34. The lowest BCUT2D eigenvalue weighted by atomic mass is 10.1. The van der Waals surface area contributed by atoms with Crippen LogP contribution in [0.15, 0.2) is 73.1 Å². The zero-order chi connectivity index (χ0) is 20.7. The van der Waals surface area contributed by atoms with Gasteiger partial charge in [0.2, 0.25) is 5.91 Å². The first-order valence-corrected chi connectivity index (χ1v) is 9.85. The number of anilines is 2. The summed E-state index contributed by atoms with van der Waals surface area (Å²) >= 11 is 0. The molecule has 1 aliphatic rings. The minimum atomic E-state index is -0.168. The predicted octanol–water partition coefficient (Wildman–Crippen LogP) is 4.19. The summed E-state index contributed by atoms with van der Waals surface area (Å²) in [6, 6.07) is 21.1. The van der Waals surface area contributed by atoms with Crippen LogP contribution in [0.2, 0.25) is 0 Å². The molecular formula is C24H20N4O2. The standard InChI is InChI=1S/C24H20N4O2/c1-16(29)27-13-12-18-14-19(8-11-22(18)27)26-24(30)17-6-9-20(10-7-17)28-15-25-21-4-2-3-5-23(21)28/h2-11,14-15H,12-13H2,1H3,(H,26,30). The third-order valence-electron chi connectivity index (χ3n) is 5.47. The van der Waals surface area contributed by atoms with Crippen molar-refractivity contribution in [2.24, 2.45) is 0 Å². The number of nitrogens with zero attached hydrogens (tertiary/aromatic N) is 3. The van der Waals surface area contributed by atoms with Crippen LogP contribution in [-0.4, -0.2) is 27.9 Å². The van der Waals surface area contributed by atoms with Crippen LogP contribution in [0.5, 0.6) is 0 Å². The second-order valence-corrected chi connectivity index (χ2v) is 7.37. The normalized spacial score (nSPS) is 12.8. The molecule has 6 heteroatoms. The molecule has 0 fully saturated rings. The van der Waals surface area contributed by atoms with E-state index in [1.165, 1.54) is 0 Å². The molecule has 0 saturated carbocycles. The molecule has 1 aliphatic heterocycles. The molecule has 4 aromatic rings. The monoisotopic (exact) mass is 396 g/mol. The Labute approximate surface area is 173 Å². The fourth-order valence-electron chi connectivity index (χ4n) is 3.95. The molecule has 1 aromatic heterocycles. The summed E-state index contributed by atoms with van der Waals surface area (Å²) in [4.78, 5) is 30.6. The number of nitrogens with one attached hydrogen (secondary N) is 1. The molecule has 0 spiro atoms. The number of rotatable bonds is 3. The maximum Gasteiger partial charge on any atom is 0.255 e. The van der Waals surface area contributed by atoms with Gasteiger partial charge in [0.25, 0.3) is 5.91 Å². The molecule has 0 aliphatic carbocycles. The molecule has 0 unspecified atom stereocenters. The van der Waals surface area contributed by atoms with Gasteiger partial charge < -0.3 is 10.2 Å². The number of carbonyl (C=O) groups excluding carboxylic acids is 2. The van der Waals surface area contributed by atoms with E-state index in [0.717, 1.165) is 40.1 Å². The number of benzene rings is 3. The molecule has 2 heterocycles. The van der Waals surface area contributed by atoms with E-state index in [0.29, 0.717) is 12.1 Å². The van der Waals surface area contributed by atoms with Gasteiger partial charge in [-0.1, -0.05) is 12.1 Å². The van der Waals surface area contributed by atoms with Gasteiger partial charge in [0, 0.05) is 36.1 Å². The topological polar surface area (TPSA) is 67.2 Å². The Hall–Kier alpha value is -3.93. The minimum absolute atomic E-state index is 0.0382. The Bertz CT molecular complexity index is 1270. The zero-order valence-corrected chi connectivity index (χ0v) is 16.5. The third-order valence-corrected chi connectivity index (χ3v) is 5.47. The number of amides is 2. The van der Waals surface area contributed by atoms with E-state index in [2.05, 4.69) is 10.3 Å². The van der Waals surface area contributed by atoms with Gasteiger partial charge in [0.05, 0.1) is 11.0 Å². The van der Waals surface area contributed by atoms with Gasteiger partial charge in [-0.15, -0.1) is 0 Å². The van der Waals surface area contributed by atoms with Gasteiger partial charge in [0.15, 0.2) is 0 Å². The van der Waals surface area contributed by atoms with Crippen LogP contribution in [0.3, 0.4) is 0 Å². The highest BCUT2D eigenvalue weighted by molar-refractivity contribution is 6.04. The summed E-state index contributed by atoms with van der Waals surface area (Å²) in [6.45, 7) is 2.26. The van der Waals surface area contributed by atoms with E-state index in [9.17, 15) is 9.59 Å². The highest BCUT2D eigenvalue weighted by Crippen LogP contribution is 2.30. The lowest BCUT2D eigenvalue weighted by molar-refractivity contribution is -0.116. The van der Waals surface area contributed by atoms with Crippen molar-refractivity contribution in [3.8, 4) is 5.69 Å². The molecule has 0 bridgehead atoms. The molecule has 2 amide bonds. The lowest BCUT2D eigenvalue weighted by Crippen LogP contribution is -2.25. The first-order valence-electron chi connectivity index (χ1n) is 9.85. The summed E-state index contributed by atoms with van der Waals surface area (Å²) in [5.41, 5.74) is 6.21. The fraction of sp³-hybridized carbons (Fsp3) is 0.125. The van der Waals surface area contributed by atoms with Crippen molar-refractivity contribution < 1.29 is 9.59 Å². The number of hydrogen-bond donors (Lipinski definition) is 1. The van der Waals surface area contributed by atoms with Gasteiger partial charge in [-0.3, -0.25) is 14.2 Å². The van der Waals surface area contributed by atoms with Crippen LogP contribution in [-0.2, 0) is 11.2 Å². The average Bonchev–Trinajstić information content (AvgIpc) is 3.38. The molecule has 30 heavy (non-hydrogen) atoms. The maximum atomic E-state index is 12.7. The Kier molecular flexibility index (Phi) is 4.32. The van der Waals surface area contributed by atoms with Crippen molar-refractivity contribution in [2.75, 3.05) is 16.8 Å². The van der Waals surface area contributed by atoms with Crippen LogP contribution in [0, 0.1) is 0 Å². The molecule has 148 valence electrons. The number of imidazole rings is 1. The minimum Gasteiger partial charge on any atom is -0.322 e. The highest BCUT2D eigenvalue weighted by Gasteiger charge is 2.22. The van der Waals surface area contributed by atoms with E-state index in [1.807, 2.05) is 71.3 Å². The largest absolute Gasteiger partial charge is 0.322 e. The maximum absolute atomic E-state index is 12.7. The first kappa shape index (κ1) is 18.1. The van der Waals surface area contributed by atoms with E-state index in [-0.39, 0.29) is 11.8 Å². The van der Waals surface area contributed by atoms with E-state index >= 15 is 0 Å². The molecule has 0 radical (unpaired) electrons. The summed E-state index contributed by atoms with van der Waals surface area (Å²) in [7, 11) is 0. The van der Waals surface area contributed by atoms with E-state index in [1.54, 1.807) is 18.2 Å². The van der Waals surface area contributed by atoms with Crippen LogP contribution in [0.25, 0.3) is 16.7 Å². The molecule has 5 rings (SSSR count). The van der Waals surface area contributed by atoms with Gasteiger partial charge in [-0.05, 0) is 66.6 Å². The molecule has 1 N–H and O–H groups in total. The van der Waals surface area contributed by atoms with Crippen molar-refractivity contribution in [1.29, 1.82) is 0 Å². The van der Waals surface area contributed by atoms with Crippen molar-refractivity contribution in [3.63, 3.8) is 0 Å². The SMILES string of the molecule is CC(=O)N1CCc2cc(NC(=O)c3ccc(-n4cnc5ccccc54)cc3)ccc21. The Morgan fingerprint density at radius 2 is 1.80 bits per heavy atom. The van der Waals surface area contributed by atoms with Crippen molar-refractivity contribution in [3.05, 3.63) is 84.2 Å². The number of aromatic nitrogens is 2. The molecule has 3 aromatic carbocycles. The molecule has 6 nitrogen and oxygen atoms in total. The highest BCUT2D eigenvalue weighted by atomic mass is 16.2. The summed E-state index contributed by atoms with van der Waals surface area (Å²) < 4.78 is 2.00. The quantitative estimate of drug-likeness (QED) is 0.565. The molecule has 0 atom stereocenters. The van der Waals surface area contributed by atoms with Crippen molar-refractivity contribution in [2.45, 2.75) is 13.3 Å². The smallest absolute Gasteiger partial charge is 0.255 e. The Morgan fingerprint density at radius 3 is 2.60 bits per heavy atom. The summed E-state index contributed by atoms with van der Waals surface area (Å²) in [5.74, 6) is -0.130. The third kappa shape index (κ3) is 3.12. The second kappa shape index (κ2) is 7.15. The summed E-state index contributed by atoms with van der Waals surface area (Å²) in [5, 5.41) is 2.95. The van der Waals surface area contributed by atoms with Gasteiger partial charge in [0.1, 0.15) is 6.33 Å². The van der Waals surface area contributed by atoms with Gasteiger partial charge >= 0.3 is 0 Å². The molecular weight excluding hydrogens is 376 g/mol. The number of hydrogen-bond acceptors (Lipinski definition) is 3. The van der Waals surface area contributed by atoms with Crippen molar-refractivity contribution >= 4 is 34.2 Å². The van der Waals surface area contributed by atoms with E-state index < -0.39 is 0 Å². The number of fused-ring (bicyclic) bond motifs is 2. The van der Waals surface area contributed by atoms with Crippen LogP contribution in [0.4, 0.5) is 11.4 Å². The average molecular weight is 396 g/mol. The molecule has 0 saturated heterocycles. The van der Waals surface area contributed by atoms with Crippen molar-refractivity contribution in [1.82, 2.24) is 9.55 Å². The van der Waals surface area contributed by atoms with Gasteiger partial charge in [-0.25, -0.2) is 4.98 Å². The number of para-hydroxylation sites is 2. The predicted molar refractivity (Wildman–Crippen MR) is 117 cm³/mol. The van der Waals surface area contributed by atoms with Crippen LogP contribution in [0.1, 0.15) is 22.8 Å². The van der Waals surface area contributed by atoms with E-state index in [4.69, 9.17) is 0 Å². The number of carbonyl (C=O) groups is 2. The summed E-state index contributed by atoms with van der Waals surface area (Å²) in [6.07, 6.45) is 2.58. The van der Waals surface area contributed by atoms with Gasteiger partial charge in [-0.2, -0.15) is 0 Å². The first-order chi connectivity index (χ1) is 14.6. The van der Waals surface area contributed by atoms with Crippen LogP contribution < -0.4 is 10.2 Å². The fourth-order valence-corrected chi connectivity index (χ4v) is 3.95. The zero-order valence-electron chi connectivity index (χ0n) is 16.5.